The number of hydrogen-bond acceptors (Lipinski definition) is 3. The summed E-state index contributed by atoms with van der Waals surface area (Å²) in [6.45, 7) is 13.1. The molecule has 0 spiro atoms. The minimum atomic E-state index is -2.29. The molecule has 0 aliphatic carbocycles. The number of fused-ring (bicyclic) bond motifs is 1. The van der Waals surface area contributed by atoms with E-state index >= 15 is 0 Å². The molecule has 164 valence electrons. The van der Waals surface area contributed by atoms with Gasteiger partial charge in [0.25, 0.3) is 0 Å². The number of likely N-dealkylation sites (N-methyl/N-ethyl adjacent to an activating group) is 1. The number of benzene rings is 2. The molecule has 31 heavy (non-hydrogen) atoms. The van der Waals surface area contributed by atoms with Crippen LogP contribution in [0.4, 0.5) is 11.4 Å². The number of nitrogens with zero attached hydrogens (tertiary/aromatic N) is 5. The summed E-state index contributed by atoms with van der Waals surface area (Å²) in [7, 11) is 1.98. The van der Waals surface area contributed by atoms with Crippen LogP contribution in [0.2, 0.25) is 0 Å². The third-order valence-corrected chi connectivity index (χ3v) is 10.4. The van der Waals surface area contributed by atoms with Crippen molar-refractivity contribution in [1.82, 2.24) is 9.45 Å². The van der Waals surface area contributed by atoms with E-state index in [-0.39, 0.29) is 5.41 Å². The number of hydrazone groups is 1. The van der Waals surface area contributed by atoms with Crippen LogP contribution in [0.5, 0.6) is 0 Å². The summed E-state index contributed by atoms with van der Waals surface area (Å²) in [5, 5.41) is 6.11. The van der Waals surface area contributed by atoms with E-state index in [0.29, 0.717) is 0 Å². The Bertz CT molecular complexity index is 1110. The van der Waals surface area contributed by atoms with Crippen molar-refractivity contribution in [3.05, 3.63) is 70.7 Å². The lowest BCUT2D eigenvalue weighted by Gasteiger charge is -2.39. The van der Waals surface area contributed by atoms with Crippen LogP contribution in [-0.2, 0) is 5.41 Å². The van der Waals surface area contributed by atoms with E-state index in [1.807, 2.05) is 0 Å². The molecule has 0 N–H and O–H groups in total. The highest BCUT2D eigenvalue weighted by atomic mass is 31.2. The van der Waals surface area contributed by atoms with Gasteiger partial charge in [0.2, 0.25) is 0 Å². The highest BCUT2D eigenvalue weighted by Gasteiger charge is 2.47. The Morgan fingerprint density at radius 2 is 1.65 bits per heavy atom. The van der Waals surface area contributed by atoms with Gasteiger partial charge in [0.15, 0.2) is 7.36 Å². The van der Waals surface area contributed by atoms with Crippen LogP contribution < -0.4 is 4.90 Å². The highest BCUT2D eigenvalue weighted by molar-refractivity contribution is 7.67. The number of anilines is 1. The fourth-order valence-electron chi connectivity index (χ4n) is 5.06. The fraction of sp³-hybridized carbons (Fsp3) is 0.400. The summed E-state index contributed by atoms with van der Waals surface area (Å²) in [6, 6.07) is 17.2. The third kappa shape index (κ3) is 3.18. The van der Waals surface area contributed by atoms with E-state index in [9.17, 15) is 0 Å². The molecule has 6 heteroatoms. The second-order valence-electron chi connectivity index (χ2n) is 8.76. The van der Waals surface area contributed by atoms with E-state index in [1.165, 1.54) is 27.8 Å². The number of aryl methyl sites for hydroxylation is 1. The first-order valence-electron chi connectivity index (χ1n) is 11.1. The van der Waals surface area contributed by atoms with Crippen LogP contribution in [-0.4, -0.2) is 42.8 Å². The SMILES string of the molecule is CCN(CC)P1(=Nc2ccccc2C)/C(=C2/N(C)c3ccccc3C2(C)C)C=NN1C. The molecule has 1 unspecified atom stereocenters. The Morgan fingerprint density at radius 3 is 2.29 bits per heavy atom. The lowest BCUT2D eigenvalue weighted by Crippen LogP contribution is -2.30. The zero-order valence-electron chi connectivity index (χ0n) is 19.8. The van der Waals surface area contributed by atoms with Crippen LogP contribution >= 0.6 is 7.36 Å². The monoisotopic (exact) mass is 435 g/mol. The van der Waals surface area contributed by atoms with E-state index in [2.05, 4.69) is 118 Å². The van der Waals surface area contributed by atoms with Gasteiger partial charge in [-0.1, -0.05) is 64.1 Å². The lowest BCUT2D eigenvalue weighted by molar-refractivity contribution is 0.452. The van der Waals surface area contributed by atoms with Crippen LogP contribution in [0.15, 0.2) is 69.4 Å². The average Bonchev–Trinajstić information content (AvgIpc) is 3.16. The Hall–Kier alpha value is -2.36. The average molecular weight is 436 g/mol. The van der Waals surface area contributed by atoms with Gasteiger partial charge in [0, 0.05) is 44.0 Å². The normalized spacial score (nSPS) is 24.3. The van der Waals surface area contributed by atoms with Gasteiger partial charge in [-0.15, -0.1) is 0 Å². The zero-order chi connectivity index (χ0) is 22.4. The molecule has 2 aliphatic heterocycles. The molecule has 0 radical (unpaired) electrons. The van der Waals surface area contributed by atoms with Gasteiger partial charge >= 0.3 is 0 Å². The summed E-state index contributed by atoms with van der Waals surface area (Å²) in [6.07, 6.45) is 2.08. The molecule has 0 amide bonds. The predicted molar refractivity (Wildman–Crippen MR) is 134 cm³/mol. The Balaban J connectivity index is 2.08. The molecule has 2 heterocycles. The molecule has 0 bridgehead atoms. The van der Waals surface area contributed by atoms with E-state index < -0.39 is 7.36 Å². The van der Waals surface area contributed by atoms with Crippen molar-refractivity contribution >= 4 is 24.9 Å². The van der Waals surface area contributed by atoms with Gasteiger partial charge in [-0.25, -0.2) is 14.2 Å². The summed E-state index contributed by atoms with van der Waals surface area (Å²) in [4.78, 5) is 2.36. The van der Waals surface area contributed by atoms with E-state index in [0.717, 1.165) is 18.8 Å². The van der Waals surface area contributed by atoms with Gasteiger partial charge in [-0.3, -0.25) is 0 Å². The lowest BCUT2D eigenvalue weighted by atomic mass is 9.84. The van der Waals surface area contributed by atoms with Crippen molar-refractivity contribution in [1.29, 1.82) is 0 Å². The minimum absolute atomic E-state index is 0.127. The minimum Gasteiger partial charge on any atom is -0.346 e. The van der Waals surface area contributed by atoms with E-state index in [4.69, 9.17) is 9.85 Å². The molecule has 0 saturated carbocycles. The molecule has 2 aromatic carbocycles. The summed E-state index contributed by atoms with van der Waals surface area (Å²) in [5.74, 6) is 0. The molecule has 2 aromatic rings. The zero-order valence-corrected chi connectivity index (χ0v) is 20.7. The molecular formula is C25H34N5P. The standard InChI is InChI=1S/C25H34N5P/c1-8-30(9-2)31(27-21-16-12-10-14-19(21)3)23(18-26-29(31)7)24-25(4,5)20-15-11-13-17-22(20)28(24)6/h10-18H,8-9H2,1-7H3/b24-23+. The smallest absolute Gasteiger partial charge is 0.174 e. The fourth-order valence-corrected chi connectivity index (χ4v) is 8.84. The maximum Gasteiger partial charge on any atom is 0.174 e. The maximum absolute atomic E-state index is 5.55. The van der Waals surface area contributed by atoms with Crippen molar-refractivity contribution in [2.45, 2.75) is 40.0 Å². The molecule has 2 aliphatic rings. The molecule has 0 aromatic heterocycles. The molecule has 0 fully saturated rings. The highest BCUT2D eigenvalue weighted by Crippen LogP contribution is 2.69. The van der Waals surface area contributed by atoms with Crippen molar-refractivity contribution in [2.24, 2.45) is 9.85 Å². The van der Waals surface area contributed by atoms with Crippen LogP contribution in [0, 0.1) is 6.92 Å². The molecule has 4 rings (SSSR count). The van der Waals surface area contributed by atoms with Gasteiger partial charge in [-0.05, 0) is 30.2 Å². The first-order chi connectivity index (χ1) is 14.8. The summed E-state index contributed by atoms with van der Waals surface area (Å²) in [5.41, 5.74) is 6.05. The molecular weight excluding hydrogens is 401 g/mol. The Kier molecular flexibility index (Phi) is 5.61. The topological polar surface area (TPSA) is 34.4 Å². The van der Waals surface area contributed by atoms with Crippen LogP contribution in [0.25, 0.3) is 0 Å². The van der Waals surface area contributed by atoms with Crippen LogP contribution in [0.3, 0.4) is 0 Å². The van der Waals surface area contributed by atoms with Gasteiger partial charge in [-0.2, -0.15) is 5.10 Å². The number of para-hydroxylation sites is 1. The van der Waals surface area contributed by atoms with Crippen molar-refractivity contribution < 1.29 is 0 Å². The predicted octanol–water partition coefficient (Wildman–Crippen LogP) is 6.57. The quantitative estimate of drug-likeness (QED) is 0.510. The number of hydrogen-bond donors (Lipinski definition) is 0. The summed E-state index contributed by atoms with van der Waals surface area (Å²) >= 11 is 0. The van der Waals surface area contributed by atoms with Gasteiger partial charge in [0.05, 0.1) is 17.2 Å². The van der Waals surface area contributed by atoms with Crippen molar-refractivity contribution in [3.63, 3.8) is 0 Å². The second-order valence-corrected chi connectivity index (χ2v) is 11.7. The van der Waals surface area contributed by atoms with Crippen molar-refractivity contribution in [2.75, 3.05) is 32.1 Å². The molecule has 5 nitrogen and oxygen atoms in total. The maximum atomic E-state index is 5.55. The summed E-state index contributed by atoms with van der Waals surface area (Å²) < 4.78 is 10.2. The Labute approximate surface area is 187 Å². The van der Waals surface area contributed by atoms with E-state index in [1.54, 1.807) is 0 Å². The number of allylic oxidation sites excluding steroid dienone is 2. The molecule has 0 saturated heterocycles. The first kappa shape index (κ1) is 21.9. The first-order valence-corrected chi connectivity index (χ1v) is 12.7. The van der Waals surface area contributed by atoms with Gasteiger partial charge < -0.3 is 4.90 Å². The third-order valence-electron chi connectivity index (χ3n) is 6.67. The van der Waals surface area contributed by atoms with Crippen LogP contribution in [0.1, 0.15) is 38.8 Å². The second kappa shape index (κ2) is 7.96. The largest absolute Gasteiger partial charge is 0.346 e. The molecule has 1 atom stereocenters. The Morgan fingerprint density at radius 1 is 1.00 bits per heavy atom. The van der Waals surface area contributed by atoms with Gasteiger partial charge in [0.1, 0.15) is 0 Å². The number of rotatable bonds is 4. The van der Waals surface area contributed by atoms with Crippen molar-refractivity contribution in [3.8, 4) is 0 Å².